The van der Waals surface area contributed by atoms with E-state index in [0.29, 0.717) is 22.3 Å². The average molecular weight is 412 g/mol. The van der Waals surface area contributed by atoms with Gasteiger partial charge in [-0.25, -0.2) is 0 Å². The highest BCUT2D eigenvalue weighted by Gasteiger charge is 2.24. The first-order valence-electron chi connectivity index (χ1n) is 5.91. The fourth-order valence-corrected chi connectivity index (χ4v) is 4.08. The third kappa shape index (κ3) is 3.26. The molecule has 0 amide bonds. The molecule has 21 heavy (non-hydrogen) atoms. The number of hydrogen-bond acceptors (Lipinski definition) is 4. The van der Waals surface area contributed by atoms with E-state index in [1.807, 2.05) is 12.1 Å². The summed E-state index contributed by atoms with van der Waals surface area (Å²) in [7, 11) is 4.71. The molecule has 0 saturated heterocycles. The Balaban J connectivity index is 2.52. The topological polar surface area (TPSA) is 27.7 Å². The molecule has 0 fully saturated rings. The molecular weight excluding hydrogens is 399 g/mol. The molecule has 0 spiro atoms. The summed E-state index contributed by atoms with van der Waals surface area (Å²) in [4.78, 5) is 0.916. The standard InChI is InChI=1S/C14H13BrCl2O3S/c1-18-9-5-4-7(12(19-2)13(9)20-3)11(17)10-6-8(16)14(15)21-10/h4-6,11H,1-3H3. The van der Waals surface area contributed by atoms with E-state index in [4.69, 9.17) is 37.4 Å². The van der Waals surface area contributed by atoms with Gasteiger partial charge in [-0.3, -0.25) is 0 Å². The molecule has 2 aromatic rings. The van der Waals surface area contributed by atoms with Crippen LogP contribution in [0.5, 0.6) is 17.2 Å². The van der Waals surface area contributed by atoms with Gasteiger partial charge in [-0.05, 0) is 34.1 Å². The van der Waals surface area contributed by atoms with Crippen molar-refractivity contribution in [1.82, 2.24) is 0 Å². The van der Waals surface area contributed by atoms with Crippen molar-refractivity contribution in [2.24, 2.45) is 0 Å². The van der Waals surface area contributed by atoms with Crippen LogP contribution in [0, 0.1) is 0 Å². The van der Waals surface area contributed by atoms with Crippen molar-refractivity contribution in [2.45, 2.75) is 5.38 Å². The quantitative estimate of drug-likeness (QED) is 0.606. The highest BCUT2D eigenvalue weighted by Crippen LogP contribution is 2.47. The molecule has 0 aliphatic carbocycles. The SMILES string of the molecule is COc1ccc(C(Cl)c2cc(Cl)c(Br)s2)c(OC)c1OC. The van der Waals surface area contributed by atoms with Gasteiger partial charge in [-0.15, -0.1) is 22.9 Å². The second kappa shape index (κ2) is 7.09. The third-order valence-electron chi connectivity index (χ3n) is 2.92. The second-order valence-corrected chi connectivity index (χ2v) is 7.30. The van der Waals surface area contributed by atoms with Crippen LogP contribution in [0.4, 0.5) is 0 Å². The lowest BCUT2D eigenvalue weighted by Crippen LogP contribution is -2.00. The Morgan fingerprint density at radius 1 is 1.10 bits per heavy atom. The molecule has 2 rings (SSSR count). The Morgan fingerprint density at radius 3 is 2.24 bits per heavy atom. The van der Waals surface area contributed by atoms with E-state index in [1.54, 1.807) is 27.4 Å². The summed E-state index contributed by atoms with van der Waals surface area (Å²) in [5.41, 5.74) is 0.794. The Hall–Kier alpha value is -0.620. The van der Waals surface area contributed by atoms with E-state index in [9.17, 15) is 0 Å². The highest BCUT2D eigenvalue weighted by molar-refractivity contribution is 9.11. The molecule has 0 aliphatic rings. The molecule has 1 unspecified atom stereocenters. The van der Waals surface area contributed by atoms with Gasteiger partial charge >= 0.3 is 0 Å². The minimum absolute atomic E-state index is 0.395. The number of hydrogen-bond donors (Lipinski definition) is 0. The molecule has 114 valence electrons. The zero-order valence-electron chi connectivity index (χ0n) is 11.6. The van der Waals surface area contributed by atoms with E-state index in [2.05, 4.69) is 15.9 Å². The Bertz CT molecular complexity index is 626. The van der Waals surface area contributed by atoms with Gasteiger partial charge in [0.15, 0.2) is 11.5 Å². The van der Waals surface area contributed by atoms with E-state index >= 15 is 0 Å². The van der Waals surface area contributed by atoms with Crippen LogP contribution in [0.3, 0.4) is 0 Å². The van der Waals surface area contributed by atoms with Gasteiger partial charge in [0, 0.05) is 10.4 Å². The molecule has 1 heterocycles. The number of ether oxygens (including phenoxy) is 3. The van der Waals surface area contributed by atoms with E-state index in [0.717, 1.165) is 14.2 Å². The minimum atomic E-state index is -0.395. The number of benzene rings is 1. The van der Waals surface area contributed by atoms with Crippen LogP contribution in [0.2, 0.25) is 5.02 Å². The number of rotatable bonds is 5. The summed E-state index contributed by atoms with van der Waals surface area (Å²) in [5.74, 6) is 1.66. The first-order valence-corrected chi connectivity index (χ1v) is 8.33. The van der Waals surface area contributed by atoms with Crippen molar-refractivity contribution in [3.8, 4) is 17.2 Å². The Morgan fingerprint density at radius 2 is 1.76 bits per heavy atom. The number of halogens is 3. The molecule has 0 saturated carbocycles. The van der Waals surface area contributed by atoms with Gasteiger partial charge in [0.05, 0.1) is 35.5 Å². The van der Waals surface area contributed by atoms with Crippen LogP contribution in [-0.4, -0.2) is 21.3 Å². The van der Waals surface area contributed by atoms with E-state index in [-0.39, 0.29) is 0 Å². The lowest BCUT2D eigenvalue weighted by atomic mass is 10.1. The lowest BCUT2D eigenvalue weighted by Gasteiger charge is -2.18. The third-order valence-corrected chi connectivity index (χ3v) is 6.06. The minimum Gasteiger partial charge on any atom is -0.493 e. The molecule has 0 aliphatic heterocycles. The maximum Gasteiger partial charge on any atom is 0.203 e. The van der Waals surface area contributed by atoms with E-state index in [1.165, 1.54) is 11.3 Å². The fourth-order valence-electron chi connectivity index (χ4n) is 1.97. The highest BCUT2D eigenvalue weighted by atomic mass is 79.9. The van der Waals surface area contributed by atoms with Gasteiger partial charge in [0.1, 0.15) is 0 Å². The predicted molar refractivity (Wildman–Crippen MR) is 90.8 cm³/mol. The van der Waals surface area contributed by atoms with Gasteiger partial charge in [0.25, 0.3) is 0 Å². The lowest BCUT2D eigenvalue weighted by molar-refractivity contribution is 0.322. The van der Waals surface area contributed by atoms with Crippen LogP contribution in [0.1, 0.15) is 15.8 Å². The maximum atomic E-state index is 6.58. The number of methoxy groups -OCH3 is 3. The van der Waals surface area contributed by atoms with Crippen LogP contribution < -0.4 is 14.2 Å². The zero-order chi connectivity index (χ0) is 15.6. The summed E-state index contributed by atoms with van der Waals surface area (Å²) in [5, 5.41) is 0.244. The van der Waals surface area contributed by atoms with Gasteiger partial charge < -0.3 is 14.2 Å². The van der Waals surface area contributed by atoms with Crippen LogP contribution in [0.15, 0.2) is 22.0 Å². The molecule has 1 aromatic carbocycles. The second-order valence-electron chi connectivity index (χ2n) is 4.06. The summed E-state index contributed by atoms with van der Waals surface area (Å²) >= 11 is 17.5. The van der Waals surface area contributed by atoms with Crippen molar-refractivity contribution in [3.63, 3.8) is 0 Å². The van der Waals surface area contributed by atoms with Gasteiger partial charge in [0.2, 0.25) is 5.75 Å². The van der Waals surface area contributed by atoms with Crippen LogP contribution in [-0.2, 0) is 0 Å². The first-order chi connectivity index (χ1) is 10.0. The smallest absolute Gasteiger partial charge is 0.203 e. The summed E-state index contributed by atoms with van der Waals surface area (Å²) in [6, 6.07) is 5.50. The normalized spacial score (nSPS) is 12.1. The Kier molecular flexibility index (Phi) is 5.66. The monoisotopic (exact) mass is 410 g/mol. The van der Waals surface area contributed by atoms with Crippen molar-refractivity contribution >= 4 is 50.5 Å². The average Bonchev–Trinajstić information content (AvgIpc) is 2.84. The van der Waals surface area contributed by atoms with Crippen molar-refractivity contribution in [2.75, 3.05) is 21.3 Å². The van der Waals surface area contributed by atoms with Gasteiger partial charge in [-0.1, -0.05) is 11.6 Å². The fraction of sp³-hybridized carbons (Fsp3) is 0.286. The predicted octanol–water partition coefficient (Wildman–Crippen LogP) is 5.52. The van der Waals surface area contributed by atoms with Gasteiger partial charge in [-0.2, -0.15) is 0 Å². The molecule has 1 atom stereocenters. The van der Waals surface area contributed by atoms with Crippen molar-refractivity contribution in [1.29, 1.82) is 0 Å². The molecule has 7 heteroatoms. The molecule has 0 radical (unpaired) electrons. The number of alkyl halides is 1. The molecular formula is C14H13BrCl2O3S. The maximum absolute atomic E-state index is 6.58. The number of thiophene rings is 1. The Labute approximate surface area is 145 Å². The van der Waals surface area contributed by atoms with Crippen molar-refractivity contribution in [3.05, 3.63) is 37.4 Å². The van der Waals surface area contributed by atoms with Crippen molar-refractivity contribution < 1.29 is 14.2 Å². The molecule has 3 nitrogen and oxygen atoms in total. The summed E-state index contributed by atoms with van der Waals surface area (Å²) in [6.07, 6.45) is 0. The summed E-state index contributed by atoms with van der Waals surface area (Å²) in [6.45, 7) is 0. The largest absolute Gasteiger partial charge is 0.493 e. The summed E-state index contributed by atoms with van der Waals surface area (Å²) < 4.78 is 17.0. The molecule has 0 N–H and O–H groups in total. The van der Waals surface area contributed by atoms with Crippen LogP contribution in [0.25, 0.3) is 0 Å². The first kappa shape index (κ1) is 16.7. The molecule has 0 bridgehead atoms. The zero-order valence-corrected chi connectivity index (χ0v) is 15.5. The molecule has 1 aromatic heterocycles. The van der Waals surface area contributed by atoms with Crippen LogP contribution >= 0.6 is 50.5 Å². The van der Waals surface area contributed by atoms with E-state index < -0.39 is 5.38 Å².